The molecule has 0 unspecified atom stereocenters. The number of hydrogen-bond donors (Lipinski definition) is 0. The summed E-state index contributed by atoms with van der Waals surface area (Å²) in [5.41, 5.74) is 0. The molecule has 0 rings (SSSR count). The van der Waals surface area contributed by atoms with Gasteiger partial charge in [0, 0.05) is 0 Å². The van der Waals surface area contributed by atoms with Gasteiger partial charge in [0.05, 0.1) is 0 Å². The Hall–Kier alpha value is 2.75. The molecule has 4 heteroatoms. The van der Waals surface area contributed by atoms with Gasteiger partial charge in [-0.05, 0) is 0 Å². The second kappa shape index (κ2) is 17.2. The average Bonchev–Trinajstić information content (AvgIpc) is 1.00. The van der Waals surface area contributed by atoms with E-state index < -0.39 is 0 Å². The summed E-state index contributed by atoms with van der Waals surface area (Å²) in [5.74, 6) is 0. The van der Waals surface area contributed by atoms with Gasteiger partial charge in [-0.1, -0.05) is 0 Å². The zero-order valence-electron chi connectivity index (χ0n) is 1.52. The van der Waals surface area contributed by atoms with E-state index >= 15 is 0 Å². The maximum Gasteiger partial charge on any atom is 2.00 e. The fraction of sp³-hybridized carbons (Fsp3) is 0. The molecule has 2 nitrogen and oxygen atoms in total. The van der Waals surface area contributed by atoms with Crippen molar-refractivity contribution in [3.8, 4) is 0 Å². The van der Waals surface area contributed by atoms with Gasteiger partial charge in [-0.15, -0.1) is 0 Å². The Balaban J connectivity index is -0.00000000500. The van der Waals surface area contributed by atoms with Crippen molar-refractivity contribution in [1.29, 1.82) is 0 Å². The van der Waals surface area contributed by atoms with Gasteiger partial charge in [0.2, 0.25) is 0 Å². The SMILES string of the molecule is [BaH2].[Ca+2].[O-][O-]. The molecule has 0 spiro atoms. The van der Waals surface area contributed by atoms with E-state index in [1.54, 1.807) is 0 Å². The van der Waals surface area contributed by atoms with Gasteiger partial charge in [-0.25, -0.2) is 0 Å². The molecule has 0 fully saturated rings. The molecule has 0 aliphatic rings. The number of rotatable bonds is 0. The first kappa shape index (κ1) is 15.9. The van der Waals surface area contributed by atoms with Gasteiger partial charge in [-0.3, -0.25) is 0 Å². The van der Waals surface area contributed by atoms with E-state index in [4.69, 9.17) is 10.5 Å². The van der Waals surface area contributed by atoms with Crippen LogP contribution in [0.3, 0.4) is 0 Å². The van der Waals surface area contributed by atoms with Crippen LogP contribution in [0.4, 0.5) is 0 Å². The smallest absolute Gasteiger partial charge is 1.00 e. The van der Waals surface area contributed by atoms with Crippen molar-refractivity contribution in [2.45, 2.75) is 0 Å². The van der Waals surface area contributed by atoms with Crippen LogP contribution in [0.5, 0.6) is 0 Å². The number of hydrogen-bond acceptors (Lipinski definition) is 2. The Kier molecular flexibility index (Phi) is 68.0. The summed E-state index contributed by atoms with van der Waals surface area (Å²) in [5, 5.41) is 14.0. The molecule has 0 aliphatic carbocycles. The van der Waals surface area contributed by atoms with Crippen molar-refractivity contribution < 1.29 is 10.5 Å². The standard InChI is InChI=1S/Ba.Ca.O2.2H/c;;1-2;;/q;+2;-2;;. The molecule has 18 valence electrons. The third-order valence-electron chi connectivity index (χ3n) is 0. The van der Waals surface area contributed by atoms with Crippen molar-refractivity contribution in [3.05, 3.63) is 0 Å². The largest absolute Gasteiger partial charge is 2.00 e. The van der Waals surface area contributed by atoms with Crippen LogP contribution in [0.2, 0.25) is 0 Å². The summed E-state index contributed by atoms with van der Waals surface area (Å²) in [7, 11) is 0. The van der Waals surface area contributed by atoms with E-state index in [9.17, 15) is 0 Å². The molecule has 0 radical (unpaired) electrons. The van der Waals surface area contributed by atoms with E-state index in [2.05, 4.69) is 0 Å². The van der Waals surface area contributed by atoms with Crippen molar-refractivity contribution in [2.75, 3.05) is 0 Å². The van der Waals surface area contributed by atoms with E-state index in [0.717, 1.165) is 0 Å². The molecule has 0 aromatic carbocycles. The Labute approximate surface area is 94.6 Å². The second-order valence-corrected chi connectivity index (χ2v) is 0. The normalized spacial score (nSPS) is 1.50. The van der Waals surface area contributed by atoms with Gasteiger partial charge in [-0.2, -0.15) is 0 Å². The molecule has 0 atom stereocenters. The van der Waals surface area contributed by atoms with Crippen molar-refractivity contribution in [2.24, 2.45) is 0 Å². The van der Waals surface area contributed by atoms with E-state index in [1.165, 1.54) is 0 Å². The van der Waals surface area contributed by atoms with Crippen molar-refractivity contribution in [1.82, 2.24) is 0 Å². The van der Waals surface area contributed by atoms with E-state index in [1.807, 2.05) is 0 Å². The molecule has 0 saturated carbocycles. The Morgan fingerprint density at radius 3 is 1.00 bits per heavy atom. The van der Waals surface area contributed by atoms with Crippen LogP contribution in [0.1, 0.15) is 0 Å². The molecule has 0 bridgehead atoms. The van der Waals surface area contributed by atoms with Crippen LogP contribution in [-0.4, -0.2) is 86.6 Å². The van der Waals surface area contributed by atoms with Crippen LogP contribution in [-0.2, 0) is 0 Å². The minimum Gasteiger partial charge on any atom is -1.00 e. The average molecular weight is 211 g/mol. The van der Waals surface area contributed by atoms with Crippen LogP contribution in [0.15, 0.2) is 0 Å². The first-order valence-electron chi connectivity index (χ1n) is 0.167. The second-order valence-electron chi connectivity index (χ2n) is 0. The monoisotopic (exact) mass is 212 g/mol. The Morgan fingerprint density at radius 2 is 1.00 bits per heavy atom. The molecular formula is H2BaCaO2. The molecule has 0 aromatic heterocycles. The molecule has 4 heavy (non-hydrogen) atoms. The fourth-order valence-electron chi connectivity index (χ4n) is 0. The summed E-state index contributed by atoms with van der Waals surface area (Å²) in [6.07, 6.45) is 0. The maximum atomic E-state index is 7.00. The maximum absolute atomic E-state index is 7.00. The van der Waals surface area contributed by atoms with Crippen molar-refractivity contribution >= 4 is 86.6 Å². The van der Waals surface area contributed by atoms with Gasteiger partial charge >= 0.3 is 86.6 Å². The predicted molar refractivity (Wildman–Crippen MR) is 14.3 cm³/mol. The quantitative estimate of drug-likeness (QED) is 0.235. The summed E-state index contributed by atoms with van der Waals surface area (Å²) in [6.45, 7) is 0. The Morgan fingerprint density at radius 1 is 1.00 bits per heavy atom. The molecule has 0 heterocycles. The van der Waals surface area contributed by atoms with Crippen LogP contribution >= 0.6 is 0 Å². The topological polar surface area (TPSA) is 46.1 Å². The molecule has 0 amide bonds. The van der Waals surface area contributed by atoms with Crippen LogP contribution in [0, 0.1) is 0 Å². The van der Waals surface area contributed by atoms with E-state index in [-0.39, 0.29) is 86.6 Å². The van der Waals surface area contributed by atoms with Crippen molar-refractivity contribution in [3.63, 3.8) is 0 Å². The molecule has 0 N–H and O–H groups in total. The van der Waals surface area contributed by atoms with Gasteiger partial charge in [0.25, 0.3) is 0 Å². The molecular weight excluding hydrogens is 209 g/mol. The first-order chi connectivity index (χ1) is 1.00. The molecule has 0 aliphatic heterocycles. The van der Waals surface area contributed by atoms with Gasteiger partial charge in [0.15, 0.2) is 0 Å². The zero-order chi connectivity index (χ0) is 2.00. The predicted octanol–water partition coefficient (Wildman–Crippen LogP) is -3.68. The van der Waals surface area contributed by atoms with Crippen LogP contribution in [0.25, 0.3) is 0 Å². The Bertz CT molecular complexity index is 6.00. The summed E-state index contributed by atoms with van der Waals surface area (Å²) >= 11 is 0. The minimum atomic E-state index is 0. The van der Waals surface area contributed by atoms with Gasteiger partial charge < -0.3 is 10.5 Å². The third-order valence-corrected chi connectivity index (χ3v) is 0. The molecule has 0 saturated heterocycles. The summed E-state index contributed by atoms with van der Waals surface area (Å²) in [4.78, 5) is 0. The summed E-state index contributed by atoms with van der Waals surface area (Å²) < 4.78 is 0. The summed E-state index contributed by atoms with van der Waals surface area (Å²) in [6, 6.07) is 0. The van der Waals surface area contributed by atoms with Crippen LogP contribution < -0.4 is 10.5 Å². The fourth-order valence-corrected chi connectivity index (χ4v) is 0. The molecule has 0 aromatic rings. The minimum absolute atomic E-state index is 0. The van der Waals surface area contributed by atoms with E-state index in [0.29, 0.717) is 0 Å². The third kappa shape index (κ3) is 8.83. The zero-order valence-corrected chi connectivity index (χ0v) is 3.73. The first-order valence-corrected chi connectivity index (χ1v) is 0.167. The van der Waals surface area contributed by atoms with Gasteiger partial charge in [0.1, 0.15) is 0 Å².